The summed E-state index contributed by atoms with van der Waals surface area (Å²) in [5.41, 5.74) is -0.297. The number of ether oxygens (including phenoxy) is 3. The summed E-state index contributed by atoms with van der Waals surface area (Å²) in [6.45, 7) is -0.531. The summed E-state index contributed by atoms with van der Waals surface area (Å²) >= 11 is 0. The number of aromatic hydroxyl groups is 4. The van der Waals surface area contributed by atoms with Gasteiger partial charge >= 0.3 is 5.97 Å². The van der Waals surface area contributed by atoms with Gasteiger partial charge in [0, 0.05) is 23.8 Å². The zero-order valence-electron chi connectivity index (χ0n) is 22.1. The summed E-state index contributed by atoms with van der Waals surface area (Å²) < 4.78 is 22.0. The Kier molecular flexibility index (Phi) is 8.23. The van der Waals surface area contributed by atoms with E-state index in [1.807, 2.05) is 0 Å². The summed E-state index contributed by atoms with van der Waals surface area (Å²) in [7, 11) is 0. The molecule has 2 heterocycles. The van der Waals surface area contributed by atoms with Gasteiger partial charge in [-0.3, -0.25) is 4.79 Å². The summed E-state index contributed by atoms with van der Waals surface area (Å²) in [6.07, 6.45) is -5.65. The Morgan fingerprint density at radius 3 is 2.19 bits per heavy atom. The van der Waals surface area contributed by atoms with Crippen LogP contribution in [0.2, 0.25) is 0 Å². The molecule has 0 bridgehead atoms. The number of esters is 1. The van der Waals surface area contributed by atoms with Crippen LogP contribution >= 0.6 is 0 Å². The molecule has 3 aromatic carbocycles. The molecule has 0 spiro atoms. The number of fused-ring (bicyclic) bond motifs is 1. The van der Waals surface area contributed by atoms with Gasteiger partial charge in [-0.15, -0.1) is 0 Å². The van der Waals surface area contributed by atoms with Gasteiger partial charge in [0.1, 0.15) is 65.0 Å². The maximum absolute atomic E-state index is 12.8. The van der Waals surface area contributed by atoms with Gasteiger partial charge in [-0.05, 0) is 48.0 Å². The van der Waals surface area contributed by atoms with E-state index in [2.05, 4.69) is 0 Å². The summed E-state index contributed by atoms with van der Waals surface area (Å²) in [5, 5.41) is 70.7. The Hall–Kier alpha value is -5.08. The first-order valence-electron chi connectivity index (χ1n) is 12.8. The van der Waals surface area contributed by atoms with Crippen LogP contribution in [0, 0.1) is 0 Å². The number of hydrogen-bond donors (Lipinski definition) is 7. The predicted molar refractivity (Wildman–Crippen MR) is 148 cm³/mol. The number of hydrogen-bond acceptors (Lipinski definition) is 13. The molecule has 0 saturated carbocycles. The van der Waals surface area contributed by atoms with E-state index in [1.165, 1.54) is 48.5 Å². The fourth-order valence-electron chi connectivity index (χ4n) is 4.39. The number of phenols is 3. The van der Waals surface area contributed by atoms with Crippen LogP contribution < -0.4 is 10.2 Å². The number of carbonyl (C=O) groups is 1. The van der Waals surface area contributed by atoms with Crippen molar-refractivity contribution >= 4 is 23.0 Å². The van der Waals surface area contributed by atoms with Crippen molar-refractivity contribution < 1.29 is 59.2 Å². The minimum absolute atomic E-state index is 0.0576. The van der Waals surface area contributed by atoms with Gasteiger partial charge in [-0.2, -0.15) is 0 Å². The van der Waals surface area contributed by atoms with E-state index < -0.39 is 60.2 Å². The fraction of sp³-hybridized carbons (Fsp3) is 0.200. The van der Waals surface area contributed by atoms with Gasteiger partial charge in [0.15, 0.2) is 5.76 Å². The molecule has 2 unspecified atom stereocenters. The van der Waals surface area contributed by atoms with Crippen molar-refractivity contribution in [3.05, 3.63) is 82.5 Å². The first kappa shape index (κ1) is 29.4. The smallest absolute Gasteiger partial charge is 0.330 e. The van der Waals surface area contributed by atoms with Gasteiger partial charge in [0.2, 0.25) is 17.5 Å². The summed E-state index contributed by atoms with van der Waals surface area (Å²) in [6, 6.07) is 13.6. The Morgan fingerprint density at radius 1 is 0.860 bits per heavy atom. The van der Waals surface area contributed by atoms with Gasteiger partial charge in [0.25, 0.3) is 0 Å². The molecule has 1 aliphatic rings. The Morgan fingerprint density at radius 2 is 1.51 bits per heavy atom. The number of carbonyl (C=O) groups excluding carboxylic acids is 1. The molecule has 43 heavy (non-hydrogen) atoms. The van der Waals surface area contributed by atoms with E-state index in [-0.39, 0.29) is 39.5 Å². The number of aliphatic hydroxyl groups is 3. The van der Waals surface area contributed by atoms with E-state index in [0.717, 1.165) is 12.1 Å². The Balaban J connectivity index is 1.34. The molecule has 1 saturated heterocycles. The largest absolute Gasteiger partial charge is 0.508 e. The van der Waals surface area contributed by atoms with E-state index in [9.17, 15) is 45.3 Å². The van der Waals surface area contributed by atoms with Crippen LogP contribution in [-0.4, -0.2) is 79.0 Å². The van der Waals surface area contributed by atoms with Crippen molar-refractivity contribution in [1.82, 2.24) is 0 Å². The number of phenolic OH excluding ortho intramolecular Hbond substituents is 3. The maximum atomic E-state index is 12.8. The second-order valence-electron chi connectivity index (χ2n) is 9.66. The minimum Gasteiger partial charge on any atom is -0.508 e. The predicted octanol–water partition coefficient (Wildman–Crippen LogP) is 1.73. The lowest BCUT2D eigenvalue weighted by Crippen LogP contribution is -2.60. The Labute approximate surface area is 242 Å². The van der Waals surface area contributed by atoms with Crippen molar-refractivity contribution in [1.29, 1.82) is 0 Å². The van der Waals surface area contributed by atoms with Crippen LogP contribution in [0.4, 0.5) is 0 Å². The van der Waals surface area contributed by atoms with Gasteiger partial charge < -0.3 is 54.4 Å². The molecule has 1 aliphatic heterocycles. The van der Waals surface area contributed by atoms with Crippen LogP contribution in [0.3, 0.4) is 0 Å². The van der Waals surface area contributed by atoms with Crippen molar-refractivity contribution in [3.63, 3.8) is 0 Å². The first-order valence-corrected chi connectivity index (χ1v) is 12.8. The zero-order chi connectivity index (χ0) is 30.8. The number of aliphatic hydroxyl groups excluding tert-OH is 3. The molecule has 13 heteroatoms. The van der Waals surface area contributed by atoms with Crippen LogP contribution in [0.5, 0.6) is 28.7 Å². The molecule has 224 valence electrons. The highest BCUT2D eigenvalue weighted by Gasteiger charge is 2.45. The highest BCUT2D eigenvalue weighted by atomic mass is 16.7. The SMILES string of the molecule is O=C(/C=C/c1ccc(O)cc1)OCC1O[C@@H](Oc2cc(O)c3c(=O)c(O)c(-c4ccc(O)cc4)oc3c2)C(O)[C@@H](O)[C@@H]1O. The lowest BCUT2D eigenvalue weighted by atomic mass is 9.99. The molecule has 13 nitrogen and oxygen atoms in total. The topological polar surface area (TPSA) is 217 Å². The van der Waals surface area contributed by atoms with Crippen LogP contribution in [0.15, 0.2) is 76.0 Å². The molecule has 4 aromatic rings. The number of benzene rings is 3. The molecule has 0 aliphatic carbocycles. The van der Waals surface area contributed by atoms with E-state index in [1.54, 1.807) is 12.1 Å². The number of rotatable bonds is 7. The average Bonchev–Trinajstić information content (AvgIpc) is 2.98. The second-order valence-corrected chi connectivity index (χ2v) is 9.66. The molecule has 0 amide bonds. The fourth-order valence-corrected chi connectivity index (χ4v) is 4.39. The zero-order valence-corrected chi connectivity index (χ0v) is 22.1. The third kappa shape index (κ3) is 6.24. The summed E-state index contributed by atoms with van der Waals surface area (Å²) in [4.78, 5) is 25.0. The van der Waals surface area contributed by atoms with E-state index in [0.29, 0.717) is 5.56 Å². The van der Waals surface area contributed by atoms with Gasteiger partial charge in [-0.1, -0.05) is 12.1 Å². The normalized spacial score (nSPS) is 22.1. The molecule has 7 N–H and O–H groups in total. The van der Waals surface area contributed by atoms with Crippen molar-refractivity contribution in [2.45, 2.75) is 30.7 Å². The molecule has 5 atom stereocenters. The van der Waals surface area contributed by atoms with Crippen LogP contribution in [0.25, 0.3) is 28.4 Å². The molecule has 0 radical (unpaired) electrons. The maximum Gasteiger partial charge on any atom is 0.330 e. The van der Waals surface area contributed by atoms with E-state index in [4.69, 9.17) is 18.6 Å². The van der Waals surface area contributed by atoms with Crippen molar-refractivity contribution in [3.8, 4) is 40.1 Å². The van der Waals surface area contributed by atoms with E-state index >= 15 is 0 Å². The molecular formula is C30H26O13. The lowest BCUT2D eigenvalue weighted by molar-refractivity contribution is -0.278. The quantitative estimate of drug-likeness (QED) is 0.120. The first-order chi connectivity index (χ1) is 20.5. The van der Waals surface area contributed by atoms with Gasteiger partial charge in [-0.25, -0.2) is 4.79 Å². The summed E-state index contributed by atoms with van der Waals surface area (Å²) in [5.74, 6) is -2.65. The lowest BCUT2D eigenvalue weighted by Gasteiger charge is -2.39. The monoisotopic (exact) mass is 594 g/mol. The van der Waals surface area contributed by atoms with Crippen LogP contribution in [-0.2, 0) is 14.3 Å². The van der Waals surface area contributed by atoms with Crippen molar-refractivity contribution in [2.75, 3.05) is 6.61 Å². The highest BCUT2D eigenvalue weighted by Crippen LogP contribution is 2.36. The average molecular weight is 595 g/mol. The second kappa shape index (κ2) is 12.0. The third-order valence-electron chi connectivity index (χ3n) is 6.67. The molecule has 5 rings (SSSR count). The standard InChI is InChI=1S/C30H26O13/c31-16-6-1-14(2-7-16)3-10-22(34)40-13-21-24(35)26(37)28(39)30(43-21)41-18-11-19(33)23-20(12-18)42-29(27(38)25(23)36)15-4-8-17(32)9-5-15/h1-12,21,24,26,28,30-33,35,37-39H,13H2/b10-3+/t21?,24-,26+,28?,30-/m1/s1. The minimum atomic E-state index is -1.78. The van der Waals surface area contributed by atoms with Gasteiger partial charge in [0.05, 0.1) is 0 Å². The molecule has 1 fully saturated rings. The molecular weight excluding hydrogens is 568 g/mol. The highest BCUT2D eigenvalue weighted by molar-refractivity contribution is 5.88. The Bertz CT molecular complexity index is 1710. The third-order valence-corrected chi connectivity index (χ3v) is 6.67. The van der Waals surface area contributed by atoms with Crippen molar-refractivity contribution in [2.24, 2.45) is 0 Å². The van der Waals surface area contributed by atoms with Crippen LogP contribution in [0.1, 0.15) is 5.56 Å². The molecule has 1 aromatic heterocycles.